The molecule has 2 aromatic heterocycles. The second-order valence-electron chi connectivity index (χ2n) is 5.02. The van der Waals surface area contributed by atoms with Gasteiger partial charge in [0, 0.05) is 11.9 Å². The second kappa shape index (κ2) is 5.47. The summed E-state index contributed by atoms with van der Waals surface area (Å²) in [5.74, 6) is 1.11. The van der Waals surface area contributed by atoms with Crippen LogP contribution in [0.5, 0.6) is 0 Å². The molecule has 2 heterocycles. The third-order valence-corrected chi connectivity index (χ3v) is 4.23. The van der Waals surface area contributed by atoms with E-state index in [1.807, 2.05) is 10.6 Å². The lowest BCUT2D eigenvalue weighted by Crippen LogP contribution is -2.09. The van der Waals surface area contributed by atoms with Crippen LogP contribution in [0.2, 0.25) is 5.15 Å². The Morgan fingerprint density at radius 1 is 1.33 bits per heavy atom. The van der Waals surface area contributed by atoms with Gasteiger partial charge in [-0.05, 0) is 24.8 Å². The summed E-state index contributed by atoms with van der Waals surface area (Å²) >= 11 is 5.97. The van der Waals surface area contributed by atoms with Gasteiger partial charge in [0.2, 0.25) is 0 Å². The van der Waals surface area contributed by atoms with Crippen LogP contribution in [-0.4, -0.2) is 45.7 Å². The Bertz CT molecular complexity index is 536. The van der Waals surface area contributed by atoms with Crippen LogP contribution in [0.15, 0.2) is 18.6 Å². The zero-order valence-corrected chi connectivity index (χ0v) is 12.5. The van der Waals surface area contributed by atoms with Crippen LogP contribution < -0.4 is 0 Å². The van der Waals surface area contributed by atoms with Crippen molar-refractivity contribution in [2.24, 2.45) is 0 Å². The third-order valence-electron chi connectivity index (χ3n) is 2.56. The summed E-state index contributed by atoms with van der Waals surface area (Å²) in [6, 6.07) is 1.90. The number of hydrogen-bond acceptors (Lipinski definition) is 3. The predicted octanol–water partition coefficient (Wildman–Crippen LogP) is 2.75. The van der Waals surface area contributed by atoms with Crippen LogP contribution in [0.1, 0.15) is 0 Å². The standard InChI is InChI=1S/C12H18ClN3OS/c1-18(2,3)7-6-17-9-16-8-15-11-10(16)4-5-14-12(11)13/h4-5,8H,6-7,9H2,1-3H3. The Kier molecular flexibility index (Phi) is 4.14. The van der Waals surface area contributed by atoms with Gasteiger partial charge in [-0.2, -0.15) is 0 Å². The van der Waals surface area contributed by atoms with E-state index in [9.17, 15) is 0 Å². The zero-order valence-electron chi connectivity index (χ0n) is 10.9. The molecule has 0 saturated heterocycles. The zero-order chi connectivity index (χ0) is 13.2. The van der Waals surface area contributed by atoms with Crippen molar-refractivity contribution in [3.63, 3.8) is 0 Å². The highest BCUT2D eigenvalue weighted by molar-refractivity contribution is 8.32. The average Bonchev–Trinajstić information content (AvgIpc) is 2.68. The second-order valence-corrected chi connectivity index (χ2v) is 9.96. The van der Waals surface area contributed by atoms with E-state index in [1.54, 1.807) is 12.5 Å². The molecule has 18 heavy (non-hydrogen) atoms. The van der Waals surface area contributed by atoms with E-state index in [1.165, 1.54) is 0 Å². The number of imidazole rings is 1. The van der Waals surface area contributed by atoms with Crippen LogP contribution in [-0.2, 0) is 11.5 Å². The molecule has 0 aliphatic heterocycles. The lowest BCUT2D eigenvalue weighted by Gasteiger charge is -2.24. The van der Waals surface area contributed by atoms with Crippen LogP contribution >= 0.6 is 21.6 Å². The van der Waals surface area contributed by atoms with Crippen molar-refractivity contribution >= 4 is 32.7 Å². The van der Waals surface area contributed by atoms with Crippen molar-refractivity contribution < 1.29 is 4.74 Å². The molecule has 2 aromatic rings. The van der Waals surface area contributed by atoms with Crippen LogP contribution in [0, 0.1) is 0 Å². The monoisotopic (exact) mass is 287 g/mol. The minimum absolute atomic E-state index is 0.436. The SMILES string of the molecule is CS(C)(C)CCOCn1cnc2c(Cl)nccc21. The van der Waals surface area contributed by atoms with Crippen molar-refractivity contribution in [2.45, 2.75) is 6.73 Å². The van der Waals surface area contributed by atoms with E-state index >= 15 is 0 Å². The molecule has 6 heteroatoms. The highest BCUT2D eigenvalue weighted by Gasteiger charge is 2.07. The quantitative estimate of drug-likeness (QED) is 0.627. The minimum Gasteiger partial charge on any atom is -0.360 e. The van der Waals surface area contributed by atoms with E-state index in [0.717, 1.165) is 23.4 Å². The smallest absolute Gasteiger partial charge is 0.156 e. The Balaban J connectivity index is 1.98. The summed E-state index contributed by atoms with van der Waals surface area (Å²) in [5, 5.41) is 0.436. The van der Waals surface area contributed by atoms with E-state index in [0.29, 0.717) is 11.9 Å². The first-order valence-electron chi connectivity index (χ1n) is 5.66. The molecule has 100 valence electrons. The molecule has 0 spiro atoms. The summed E-state index contributed by atoms with van der Waals surface area (Å²) in [4.78, 5) is 8.24. The topological polar surface area (TPSA) is 39.9 Å². The van der Waals surface area contributed by atoms with Gasteiger partial charge in [0.25, 0.3) is 0 Å². The maximum absolute atomic E-state index is 5.97. The molecule has 0 amide bonds. The summed E-state index contributed by atoms with van der Waals surface area (Å²) in [6.45, 7) is 1.28. The van der Waals surface area contributed by atoms with Crippen molar-refractivity contribution in [1.82, 2.24) is 14.5 Å². The minimum atomic E-state index is -0.495. The Morgan fingerprint density at radius 2 is 2.11 bits per heavy atom. The van der Waals surface area contributed by atoms with E-state index in [-0.39, 0.29) is 0 Å². The fraction of sp³-hybridized carbons (Fsp3) is 0.500. The molecule has 0 atom stereocenters. The number of pyridine rings is 1. The maximum atomic E-state index is 5.97. The van der Waals surface area contributed by atoms with Crippen LogP contribution in [0.4, 0.5) is 0 Å². The number of rotatable bonds is 5. The van der Waals surface area contributed by atoms with E-state index in [4.69, 9.17) is 16.3 Å². The third kappa shape index (κ3) is 3.37. The predicted molar refractivity (Wildman–Crippen MR) is 78.7 cm³/mol. The molecule has 0 saturated carbocycles. The lowest BCUT2D eigenvalue weighted by atomic mass is 10.4. The van der Waals surface area contributed by atoms with Gasteiger partial charge in [0.05, 0.1) is 18.5 Å². The molecule has 0 aliphatic rings. The summed E-state index contributed by atoms with van der Waals surface area (Å²) in [7, 11) is -0.495. The molecule has 0 unspecified atom stereocenters. The van der Waals surface area contributed by atoms with Crippen LogP contribution in [0.25, 0.3) is 11.0 Å². The highest BCUT2D eigenvalue weighted by atomic mass is 35.5. The van der Waals surface area contributed by atoms with Gasteiger partial charge in [-0.25, -0.2) is 20.0 Å². The fourth-order valence-electron chi connectivity index (χ4n) is 1.53. The summed E-state index contributed by atoms with van der Waals surface area (Å²) < 4.78 is 7.63. The normalized spacial score (nSPS) is 13.1. The molecule has 0 N–H and O–H groups in total. The highest BCUT2D eigenvalue weighted by Crippen LogP contribution is 2.33. The average molecular weight is 288 g/mol. The Hall–Kier alpha value is -0.780. The van der Waals surface area contributed by atoms with Crippen LogP contribution in [0.3, 0.4) is 0 Å². The molecule has 0 aliphatic carbocycles. The van der Waals surface area contributed by atoms with Gasteiger partial charge in [-0.1, -0.05) is 11.6 Å². The molecule has 2 rings (SSSR count). The van der Waals surface area contributed by atoms with Crippen molar-refractivity contribution in [1.29, 1.82) is 0 Å². The van der Waals surface area contributed by atoms with Crippen molar-refractivity contribution in [3.8, 4) is 0 Å². The number of hydrogen-bond donors (Lipinski definition) is 0. The lowest BCUT2D eigenvalue weighted by molar-refractivity contribution is 0.0923. The largest absolute Gasteiger partial charge is 0.360 e. The molecule has 4 nitrogen and oxygen atoms in total. The van der Waals surface area contributed by atoms with Gasteiger partial charge in [-0.15, -0.1) is 0 Å². The Morgan fingerprint density at radius 3 is 2.83 bits per heavy atom. The molecule has 0 radical (unpaired) electrons. The van der Waals surface area contributed by atoms with Gasteiger partial charge in [0.1, 0.15) is 12.2 Å². The van der Waals surface area contributed by atoms with Gasteiger partial charge >= 0.3 is 0 Å². The first-order chi connectivity index (χ1) is 8.47. The summed E-state index contributed by atoms with van der Waals surface area (Å²) in [5.41, 5.74) is 1.68. The number of halogens is 1. The number of nitrogens with zero attached hydrogens (tertiary/aromatic N) is 3. The summed E-state index contributed by atoms with van der Waals surface area (Å²) in [6.07, 6.45) is 10.3. The molecule has 0 fully saturated rings. The first-order valence-corrected chi connectivity index (χ1v) is 9.07. The van der Waals surface area contributed by atoms with E-state index in [2.05, 4.69) is 28.7 Å². The van der Waals surface area contributed by atoms with Crippen molar-refractivity contribution in [2.75, 3.05) is 31.1 Å². The number of aromatic nitrogens is 3. The molecule has 0 aromatic carbocycles. The number of fused-ring (bicyclic) bond motifs is 1. The molecular weight excluding hydrogens is 270 g/mol. The van der Waals surface area contributed by atoms with Gasteiger partial charge in [-0.3, -0.25) is 0 Å². The van der Waals surface area contributed by atoms with Gasteiger partial charge < -0.3 is 9.30 Å². The van der Waals surface area contributed by atoms with E-state index < -0.39 is 10.0 Å². The van der Waals surface area contributed by atoms with Gasteiger partial charge in [0.15, 0.2) is 5.15 Å². The first kappa shape index (κ1) is 13.6. The number of ether oxygens (including phenoxy) is 1. The molecule has 0 bridgehead atoms. The maximum Gasteiger partial charge on any atom is 0.156 e. The molecular formula is C12H18ClN3OS. The fourth-order valence-corrected chi connectivity index (χ4v) is 2.35. The van der Waals surface area contributed by atoms with Crippen molar-refractivity contribution in [3.05, 3.63) is 23.7 Å². The Labute approximate surface area is 114 Å².